The molecule has 0 aliphatic heterocycles. The highest BCUT2D eigenvalue weighted by Crippen LogP contribution is 2.26. The van der Waals surface area contributed by atoms with Gasteiger partial charge in [0.15, 0.2) is 0 Å². The van der Waals surface area contributed by atoms with Crippen molar-refractivity contribution in [1.82, 2.24) is 10.2 Å². The highest BCUT2D eigenvalue weighted by atomic mass is 35.5. The molecule has 3 aromatic carbocycles. The predicted molar refractivity (Wildman–Crippen MR) is 161 cm³/mol. The fourth-order valence-electron chi connectivity index (χ4n) is 4.41. The van der Waals surface area contributed by atoms with Gasteiger partial charge in [-0.25, -0.2) is 8.42 Å². The maximum atomic E-state index is 14.1. The number of carbonyl (C=O) groups is 2. The molecular formula is C31H38ClN3O4S. The van der Waals surface area contributed by atoms with Crippen LogP contribution in [0.4, 0.5) is 5.69 Å². The first kappa shape index (κ1) is 31.2. The number of aryl methyl sites for hydroxylation is 2. The number of hydrogen-bond acceptors (Lipinski definition) is 4. The maximum Gasteiger partial charge on any atom is 0.264 e. The quantitative estimate of drug-likeness (QED) is 0.255. The molecule has 40 heavy (non-hydrogen) atoms. The zero-order chi connectivity index (χ0) is 29.3. The molecule has 0 aliphatic carbocycles. The van der Waals surface area contributed by atoms with Crippen LogP contribution in [-0.4, -0.2) is 44.3 Å². The molecule has 0 radical (unpaired) electrons. The molecule has 2 amide bonds. The third-order valence-electron chi connectivity index (χ3n) is 6.65. The van der Waals surface area contributed by atoms with Crippen LogP contribution in [0.2, 0.25) is 5.02 Å². The second-order valence-electron chi connectivity index (χ2n) is 9.88. The Bertz CT molecular complexity index is 1390. The van der Waals surface area contributed by atoms with Crippen molar-refractivity contribution in [3.05, 3.63) is 94.5 Å². The average molecular weight is 584 g/mol. The van der Waals surface area contributed by atoms with E-state index < -0.39 is 28.5 Å². The second-order valence-corrected chi connectivity index (χ2v) is 12.2. The van der Waals surface area contributed by atoms with Crippen molar-refractivity contribution in [2.75, 3.05) is 17.4 Å². The topological polar surface area (TPSA) is 86.8 Å². The molecule has 1 N–H and O–H groups in total. The zero-order valence-corrected chi connectivity index (χ0v) is 25.1. The number of halogens is 1. The van der Waals surface area contributed by atoms with Gasteiger partial charge >= 0.3 is 0 Å². The molecule has 0 heterocycles. The maximum absolute atomic E-state index is 14.1. The monoisotopic (exact) mass is 583 g/mol. The predicted octanol–water partition coefficient (Wildman–Crippen LogP) is 5.88. The molecule has 1 unspecified atom stereocenters. The van der Waals surface area contributed by atoms with Gasteiger partial charge in [-0.1, -0.05) is 79.4 Å². The summed E-state index contributed by atoms with van der Waals surface area (Å²) < 4.78 is 28.8. The third kappa shape index (κ3) is 8.08. The Balaban J connectivity index is 2.03. The summed E-state index contributed by atoms with van der Waals surface area (Å²) in [6.07, 6.45) is 2.13. The summed E-state index contributed by atoms with van der Waals surface area (Å²) in [6, 6.07) is 19.8. The molecule has 9 heteroatoms. The molecule has 214 valence electrons. The summed E-state index contributed by atoms with van der Waals surface area (Å²) in [4.78, 5) is 28.8. The molecule has 0 saturated heterocycles. The van der Waals surface area contributed by atoms with E-state index in [2.05, 4.69) is 5.32 Å². The number of nitrogens with zero attached hydrogens (tertiary/aromatic N) is 2. The van der Waals surface area contributed by atoms with E-state index in [0.29, 0.717) is 23.7 Å². The molecule has 3 aromatic rings. The number of hydrogen-bond donors (Lipinski definition) is 1. The molecule has 3 rings (SSSR count). The lowest BCUT2D eigenvalue weighted by Crippen LogP contribution is -2.52. The lowest BCUT2D eigenvalue weighted by Gasteiger charge is -2.33. The van der Waals surface area contributed by atoms with E-state index in [0.717, 1.165) is 33.8 Å². The van der Waals surface area contributed by atoms with Crippen LogP contribution in [0.25, 0.3) is 0 Å². The van der Waals surface area contributed by atoms with Gasteiger partial charge in [-0.05, 0) is 68.7 Å². The molecular weight excluding hydrogens is 546 g/mol. The fourth-order valence-corrected chi connectivity index (χ4v) is 5.95. The molecule has 1 atom stereocenters. The first-order valence-corrected chi connectivity index (χ1v) is 15.4. The Morgan fingerprint density at radius 2 is 1.60 bits per heavy atom. The average Bonchev–Trinajstić information content (AvgIpc) is 2.92. The van der Waals surface area contributed by atoms with E-state index in [1.54, 1.807) is 24.3 Å². The first-order chi connectivity index (χ1) is 19.1. The summed E-state index contributed by atoms with van der Waals surface area (Å²) in [5.41, 5.74) is 3.19. The molecule has 0 bridgehead atoms. The van der Waals surface area contributed by atoms with Crippen molar-refractivity contribution < 1.29 is 18.0 Å². The highest BCUT2D eigenvalue weighted by Gasteiger charge is 2.33. The van der Waals surface area contributed by atoms with Crippen molar-refractivity contribution in [2.24, 2.45) is 0 Å². The minimum absolute atomic E-state index is 0.0138. The minimum atomic E-state index is -4.14. The number of anilines is 1. The highest BCUT2D eigenvalue weighted by molar-refractivity contribution is 7.92. The van der Waals surface area contributed by atoms with E-state index in [-0.39, 0.29) is 17.3 Å². The van der Waals surface area contributed by atoms with Crippen LogP contribution in [0, 0.1) is 13.8 Å². The number of carbonyl (C=O) groups excluding carboxylic acids is 2. The van der Waals surface area contributed by atoms with E-state index in [9.17, 15) is 18.0 Å². The summed E-state index contributed by atoms with van der Waals surface area (Å²) in [5, 5.41) is 3.35. The zero-order valence-electron chi connectivity index (χ0n) is 23.6. The van der Waals surface area contributed by atoms with Crippen molar-refractivity contribution in [2.45, 2.75) is 64.4 Å². The Hall–Kier alpha value is -3.36. The normalized spacial score (nSPS) is 12.0. The summed E-state index contributed by atoms with van der Waals surface area (Å²) in [5.74, 6) is -0.725. The smallest absolute Gasteiger partial charge is 0.264 e. The first-order valence-electron chi connectivity index (χ1n) is 13.5. The Morgan fingerprint density at radius 3 is 2.20 bits per heavy atom. The van der Waals surface area contributed by atoms with Gasteiger partial charge in [-0.3, -0.25) is 13.9 Å². The minimum Gasteiger partial charge on any atom is -0.354 e. The van der Waals surface area contributed by atoms with Crippen LogP contribution < -0.4 is 9.62 Å². The summed E-state index contributed by atoms with van der Waals surface area (Å²) in [6.45, 7) is 7.96. The van der Waals surface area contributed by atoms with Crippen LogP contribution in [0.5, 0.6) is 0 Å². The molecule has 7 nitrogen and oxygen atoms in total. The van der Waals surface area contributed by atoms with Gasteiger partial charge in [0.25, 0.3) is 10.0 Å². The van der Waals surface area contributed by atoms with Crippen molar-refractivity contribution >= 4 is 39.1 Å². The number of rotatable bonds is 13. The number of unbranched alkanes of at least 4 members (excludes halogenated alkanes) is 1. The van der Waals surface area contributed by atoms with Crippen molar-refractivity contribution in [3.8, 4) is 0 Å². The van der Waals surface area contributed by atoms with Crippen LogP contribution in [0.3, 0.4) is 0 Å². The summed E-state index contributed by atoms with van der Waals surface area (Å²) in [7, 11) is -4.14. The fraction of sp³-hybridized carbons (Fsp3) is 0.355. The van der Waals surface area contributed by atoms with Gasteiger partial charge in [0, 0.05) is 18.1 Å². The molecule has 0 fully saturated rings. The lowest BCUT2D eigenvalue weighted by molar-refractivity contribution is -0.140. The van der Waals surface area contributed by atoms with Gasteiger partial charge in [0.2, 0.25) is 11.8 Å². The SMILES string of the molecule is CCCCNC(=O)C(CC)N(Cc1cccc(C)c1)C(=O)CN(c1ccc(C)cc1)S(=O)(=O)c1ccc(Cl)cc1. The molecule has 0 aromatic heterocycles. The van der Waals surface area contributed by atoms with Crippen LogP contribution in [0.15, 0.2) is 77.7 Å². The van der Waals surface area contributed by atoms with Crippen LogP contribution in [-0.2, 0) is 26.2 Å². The van der Waals surface area contributed by atoms with Crippen molar-refractivity contribution in [1.29, 1.82) is 0 Å². The lowest BCUT2D eigenvalue weighted by atomic mass is 10.1. The van der Waals surface area contributed by atoms with Gasteiger partial charge in [-0.15, -0.1) is 0 Å². The molecule has 0 saturated carbocycles. The number of amides is 2. The van der Waals surface area contributed by atoms with Gasteiger partial charge < -0.3 is 10.2 Å². The Kier molecular flexibility index (Phi) is 11.2. The van der Waals surface area contributed by atoms with E-state index in [4.69, 9.17) is 11.6 Å². The van der Waals surface area contributed by atoms with E-state index in [1.165, 1.54) is 29.2 Å². The number of nitrogens with one attached hydrogen (secondary N) is 1. The van der Waals surface area contributed by atoms with E-state index >= 15 is 0 Å². The number of sulfonamides is 1. The Morgan fingerprint density at radius 1 is 0.925 bits per heavy atom. The van der Waals surface area contributed by atoms with Crippen molar-refractivity contribution in [3.63, 3.8) is 0 Å². The van der Waals surface area contributed by atoms with Gasteiger partial charge in [0.1, 0.15) is 12.6 Å². The largest absolute Gasteiger partial charge is 0.354 e. The van der Waals surface area contributed by atoms with Gasteiger partial charge in [-0.2, -0.15) is 0 Å². The van der Waals surface area contributed by atoms with Crippen LogP contribution >= 0.6 is 11.6 Å². The van der Waals surface area contributed by atoms with Crippen LogP contribution in [0.1, 0.15) is 49.8 Å². The van der Waals surface area contributed by atoms with E-state index in [1.807, 2.05) is 52.0 Å². The second kappa shape index (κ2) is 14.3. The number of benzene rings is 3. The third-order valence-corrected chi connectivity index (χ3v) is 8.69. The molecule has 0 aliphatic rings. The molecule has 0 spiro atoms. The standard InChI is InChI=1S/C31H38ClN3O4S/c1-5-7-19-33-31(37)29(6-2)34(21-25-10-8-9-24(4)20-25)30(36)22-35(27-15-11-23(3)12-16-27)40(38,39)28-17-13-26(32)14-18-28/h8-18,20,29H,5-7,19,21-22H2,1-4H3,(H,33,37). The Labute approximate surface area is 243 Å². The summed E-state index contributed by atoms with van der Waals surface area (Å²) >= 11 is 6.01. The van der Waals surface area contributed by atoms with Gasteiger partial charge in [0.05, 0.1) is 10.6 Å².